The Bertz CT molecular complexity index is 614. The Labute approximate surface area is 151 Å². The monoisotopic (exact) mass is 371 g/mol. The van der Waals surface area contributed by atoms with Crippen LogP contribution in [0.1, 0.15) is 52.1 Å². The number of rotatable bonds is 6. The molecule has 0 spiro atoms. The summed E-state index contributed by atoms with van der Waals surface area (Å²) in [4.78, 5) is 11.5. The molecule has 0 aliphatic heterocycles. The van der Waals surface area contributed by atoms with Gasteiger partial charge in [0.05, 0.1) is 19.1 Å². The Morgan fingerprint density at radius 3 is 2.60 bits per heavy atom. The molecule has 0 bridgehead atoms. The van der Waals surface area contributed by atoms with Gasteiger partial charge in [-0.05, 0) is 58.7 Å². The zero-order valence-corrected chi connectivity index (χ0v) is 16.1. The molecule has 1 N–H and O–H groups in total. The number of hydrogen-bond donors (Lipinski definition) is 1. The minimum absolute atomic E-state index is 0.103. The largest absolute Gasteiger partial charge is 0.598 e. The van der Waals surface area contributed by atoms with Gasteiger partial charge in [0.15, 0.2) is 0 Å². The lowest BCUT2D eigenvalue weighted by Gasteiger charge is -2.34. The molecule has 5 nitrogen and oxygen atoms in total. The molecule has 0 aromatic heterocycles. The Morgan fingerprint density at radius 1 is 1.40 bits per heavy atom. The van der Waals surface area contributed by atoms with Gasteiger partial charge in [0.1, 0.15) is 22.4 Å². The normalized spacial score (nSPS) is 22.7. The highest BCUT2D eigenvalue weighted by molar-refractivity contribution is 7.90. The van der Waals surface area contributed by atoms with Crippen molar-refractivity contribution in [2.24, 2.45) is 5.92 Å². The van der Waals surface area contributed by atoms with Gasteiger partial charge < -0.3 is 14.0 Å². The second-order valence-corrected chi connectivity index (χ2v) is 9.33. The highest BCUT2D eigenvalue weighted by Crippen LogP contribution is 2.35. The number of carbonyl (C=O) groups is 1. The third kappa shape index (κ3) is 5.09. The number of halogens is 1. The van der Waals surface area contributed by atoms with Crippen molar-refractivity contribution in [3.8, 4) is 5.75 Å². The van der Waals surface area contributed by atoms with Gasteiger partial charge in [0.25, 0.3) is 0 Å². The van der Waals surface area contributed by atoms with E-state index in [0.29, 0.717) is 24.2 Å². The van der Waals surface area contributed by atoms with Crippen molar-refractivity contribution in [3.63, 3.8) is 0 Å². The van der Waals surface area contributed by atoms with Crippen molar-refractivity contribution in [1.82, 2.24) is 4.72 Å². The third-order valence-electron chi connectivity index (χ3n) is 4.20. The van der Waals surface area contributed by atoms with Crippen LogP contribution in [0.4, 0.5) is 4.39 Å². The molecule has 0 heterocycles. The van der Waals surface area contributed by atoms with E-state index in [1.807, 2.05) is 27.7 Å². The molecule has 0 amide bonds. The molecular weight excluding hydrogens is 345 g/mol. The molecule has 0 radical (unpaired) electrons. The fraction of sp³-hybridized carbons (Fsp3) is 0.611. The quantitative estimate of drug-likeness (QED) is 0.614. The first-order chi connectivity index (χ1) is 11.6. The van der Waals surface area contributed by atoms with E-state index >= 15 is 0 Å². The van der Waals surface area contributed by atoms with Gasteiger partial charge in [-0.1, -0.05) is 0 Å². The SMILES string of the molecule is COC(=O)C1CC(Oc2ccc(F)cc2[C@H](C)N[S+]([O-])C(C)(C)C)C1. The van der Waals surface area contributed by atoms with Crippen LogP contribution >= 0.6 is 0 Å². The number of hydrogen-bond acceptors (Lipinski definition) is 5. The van der Waals surface area contributed by atoms with E-state index in [1.54, 1.807) is 6.07 Å². The molecule has 1 unspecified atom stereocenters. The summed E-state index contributed by atoms with van der Waals surface area (Å²) in [6, 6.07) is 3.96. The van der Waals surface area contributed by atoms with E-state index in [1.165, 1.54) is 19.2 Å². The molecule has 2 rings (SSSR count). The minimum atomic E-state index is -1.29. The smallest absolute Gasteiger partial charge is 0.308 e. The van der Waals surface area contributed by atoms with Crippen molar-refractivity contribution < 1.29 is 23.2 Å². The molecule has 1 aliphatic carbocycles. The summed E-state index contributed by atoms with van der Waals surface area (Å²) in [7, 11) is 1.37. The van der Waals surface area contributed by atoms with Gasteiger partial charge in [-0.2, -0.15) is 0 Å². The molecular formula is C18H26FNO4S. The molecule has 0 saturated heterocycles. The molecule has 2 atom stereocenters. The van der Waals surface area contributed by atoms with E-state index in [2.05, 4.69) is 4.72 Å². The first kappa shape index (κ1) is 20.0. The first-order valence-corrected chi connectivity index (χ1v) is 9.48. The zero-order chi connectivity index (χ0) is 18.8. The van der Waals surface area contributed by atoms with Crippen molar-refractivity contribution >= 4 is 17.3 Å². The van der Waals surface area contributed by atoms with Crippen molar-refractivity contribution in [2.45, 2.75) is 57.4 Å². The van der Waals surface area contributed by atoms with Crippen molar-refractivity contribution in [3.05, 3.63) is 29.6 Å². The van der Waals surface area contributed by atoms with Crippen LogP contribution in [-0.4, -0.2) is 28.5 Å². The summed E-state index contributed by atoms with van der Waals surface area (Å²) in [6.07, 6.45) is 1.06. The Morgan fingerprint density at radius 2 is 2.04 bits per heavy atom. The number of ether oxygens (including phenoxy) is 2. The van der Waals surface area contributed by atoms with Gasteiger partial charge in [-0.3, -0.25) is 4.79 Å². The van der Waals surface area contributed by atoms with E-state index < -0.39 is 16.1 Å². The van der Waals surface area contributed by atoms with E-state index in [4.69, 9.17) is 9.47 Å². The van der Waals surface area contributed by atoms with Crippen LogP contribution in [0.3, 0.4) is 0 Å². The van der Waals surface area contributed by atoms with Gasteiger partial charge in [0, 0.05) is 16.9 Å². The Hall–Kier alpha value is -1.31. The molecule has 1 aliphatic rings. The van der Waals surface area contributed by atoms with Crippen LogP contribution in [0, 0.1) is 11.7 Å². The minimum Gasteiger partial charge on any atom is -0.598 e. The van der Waals surface area contributed by atoms with Crippen LogP contribution in [0.2, 0.25) is 0 Å². The van der Waals surface area contributed by atoms with Gasteiger partial charge in [0.2, 0.25) is 0 Å². The van der Waals surface area contributed by atoms with Crippen LogP contribution in [0.5, 0.6) is 5.75 Å². The van der Waals surface area contributed by atoms with Crippen LogP contribution in [-0.2, 0) is 20.9 Å². The van der Waals surface area contributed by atoms with E-state index in [9.17, 15) is 13.7 Å². The predicted octanol–water partition coefficient (Wildman–Crippen LogP) is 3.27. The fourth-order valence-electron chi connectivity index (χ4n) is 2.57. The van der Waals surface area contributed by atoms with Crippen molar-refractivity contribution in [1.29, 1.82) is 0 Å². The molecule has 1 aromatic rings. The van der Waals surface area contributed by atoms with Gasteiger partial charge in [-0.25, -0.2) is 4.39 Å². The molecule has 1 saturated carbocycles. The molecule has 7 heteroatoms. The molecule has 140 valence electrons. The topological polar surface area (TPSA) is 70.6 Å². The molecule has 25 heavy (non-hydrogen) atoms. The number of carbonyl (C=O) groups excluding carboxylic acids is 1. The maximum absolute atomic E-state index is 13.7. The Balaban J connectivity index is 2.06. The number of nitrogens with one attached hydrogen (secondary N) is 1. The predicted molar refractivity (Wildman–Crippen MR) is 95.0 cm³/mol. The lowest BCUT2D eigenvalue weighted by molar-refractivity contribution is -0.151. The van der Waals surface area contributed by atoms with Gasteiger partial charge >= 0.3 is 5.97 Å². The third-order valence-corrected chi connectivity index (χ3v) is 5.88. The number of esters is 1. The maximum Gasteiger partial charge on any atom is 0.308 e. The van der Waals surface area contributed by atoms with Gasteiger partial charge in [-0.15, -0.1) is 4.72 Å². The molecule has 1 fully saturated rings. The first-order valence-electron chi connectivity index (χ1n) is 8.33. The zero-order valence-electron chi connectivity index (χ0n) is 15.3. The molecule has 1 aromatic carbocycles. The standard InChI is InChI=1S/C18H26FNO4S/c1-11(20-25(22)18(2,3)4)15-10-13(19)6-7-16(15)24-14-8-12(9-14)17(21)23-5/h6-7,10-12,14,20H,8-9H2,1-5H3/t11-,12?,14?,25?/m0/s1. The highest BCUT2D eigenvalue weighted by atomic mass is 32.2. The highest BCUT2D eigenvalue weighted by Gasteiger charge is 2.37. The summed E-state index contributed by atoms with van der Waals surface area (Å²) < 4.78 is 39.2. The second kappa shape index (κ2) is 7.93. The summed E-state index contributed by atoms with van der Waals surface area (Å²) in [5.41, 5.74) is 0.610. The average molecular weight is 371 g/mol. The second-order valence-electron chi connectivity index (χ2n) is 7.33. The summed E-state index contributed by atoms with van der Waals surface area (Å²) >= 11 is -1.29. The Kier molecular flexibility index (Phi) is 6.35. The van der Waals surface area contributed by atoms with Crippen LogP contribution < -0.4 is 9.46 Å². The fourth-order valence-corrected chi connectivity index (χ4v) is 3.37. The number of methoxy groups -OCH3 is 1. The van der Waals surface area contributed by atoms with Crippen LogP contribution in [0.15, 0.2) is 18.2 Å². The number of benzene rings is 1. The summed E-state index contributed by atoms with van der Waals surface area (Å²) in [6.45, 7) is 7.43. The maximum atomic E-state index is 13.7. The van der Waals surface area contributed by atoms with Crippen molar-refractivity contribution in [2.75, 3.05) is 7.11 Å². The lowest BCUT2D eigenvalue weighted by atomic mass is 9.82. The lowest BCUT2D eigenvalue weighted by Crippen LogP contribution is -2.41. The van der Waals surface area contributed by atoms with E-state index in [-0.39, 0.29) is 29.9 Å². The van der Waals surface area contributed by atoms with E-state index in [0.717, 1.165) is 0 Å². The van der Waals surface area contributed by atoms with Crippen LogP contribution in [0.25, 0.3) is 0 Å². The summed E-state index contributed by atoms with van der Waals surface area (Å²) in [5.74, 6) is -0.197. The summed E-state index contributed by atoms with van der Waals surface area (Å²) in [5, 5.41) is 0. The average Bonchev–Trinajstić information content (AvgIpc) is 2.49.